The summed E-state index contributed by atoms with van der Waals surface area (Å²) in [6.07, 6.45) is -0.666. The second-order valence-corrected chi connectivity index (χ2v) is 4.84. The fraction of sp³-hybridized carbons (Fsp3) is 0.294. The van der Waals surface area contributed by atoms with E-state index in [4.69, 9.17) is 9.47 Å². The van der Waals surface area contributed by atoms with Gasteiger partial charge >= 0.3 is 0 Å². The van der Waals surface area contributed by atoms with Gasteiger partial charge in [-0.25, -0.2) is 0 Å². The van der Waals surface area contributed by atoms with Gasteiger partial charge in [0.1, 0.15) is 17.6 Å². The Bertz CT molecular complexity index is 572. The number of aliphatic hydroxyl groups excluding tert-OH is 1. The number of anilines is 1. The summed E-state index contributed by atoms with van der Waals surface area (Å²) in [5, 5.41) is 10.5. The number of likely N-dealkylation sites (N-methyl/N-ethyl adjacent to an activating group) is 1. The van der Waals surface area contributed by atoms with Crippen molar-refractivity contribution in [2.24, 2.45) is 0 Å². The molecule has 0 aliphatic carbocycles. The summed E-state index contributed by atoms with van der Waals surface area (Å²) in [6, 6.07) is 15.4. The molecule has 4 heteroatoms. The number of methoxy groups -OCH3 is 2. The van der Waals surface area contributed by atoms with Gasteiger partial charge in [-0.1, -0.05) is 18.2 Å². The molecular weight excluding hydrogens is 266 g/mol. The van der Waals surface area contributed by atoms with Crippen LogP contribution in [0.25, 0.3) is 0 Å². The second-order valence-electron chi connectivity index (χ2n) is 4.84. The molecule has 0 saturated carbocycles. The highest BCUT2D eigenvalue weighted by molar-refractivity contribution is 5.47. The van der Waals surface area contributed by atoms with Gasteiger partial charge in [0.25, 0.3) is 0 Å². The van der Waals surface area contributed by atoms with E-state index in [1.165, 1.54) is 0 Å². The van der Waals surface area contributed by atoms with Crippen LogP contribution < -0.4 is 14.4 Å². The summed E-state index contributed by atoms with van der Waals surface area (Å²) >= 11 is 0. The van der Waals surface area contributed by atoms with E-state index in [2.05, 4.69) is 0 Å². The van der Waals surface area contributed by atoms with E-state index in [0.717, 1.165) is 11.3 Å². The van der Waals surface area contributed by atoms with Crippen LogP contribution in [-0.4, -0.2) is 32.9 Å². The molecular formula is C17H21NO3. The van der Waals surface area contributed by atoms with E-state index in [9.17, 15) is 5.11 Å². The minimum Gasteiger partial charge on any atom is -0.497 e. The lowest BCUT2D eigenvalue weighted by Gasteiger charge is -2.24. The minimum atomic E-state index is -0.666. The van der Waals surface area contributed by atoms with E-state index >= 15 is 0 Å². The number of nitrogens with zero attached hydrogens (tertiary/aromatic N) is 1. The molecule has 0 aliphatic heterocycles. The van der Waals surface area contributed by atoms with Gasteiger partial charge in [0.2, 0.25) is 0 Å². The van der Waals surface area contributed by atoms with E-state index in [1.54, 1.807) is 20.3 Å². The van der Waals surface area contributed by atoms with E-state index in [-0.39, 0.29) is 0 Å². The molecule has 0 fully saturated rings. The van der Waals surface area contributed by atoms with Crippen LogP contribution in [0, 0.1) is 0 Å². The van der Waals surface area contributed by atoms with Crippen molar-refractivity contribution >= 4 is 5.69 Å². The van der Waals surface area contributed by atoms with Crippen LogP contribution in [0.1, 0.15) is 11.7 Å². The monoisotopic (exact) mass is 287 g/mol. The highest BCUT2D eigenvalue weighted by atomic mass is 16.5. The van der Waals surface area contributed by atoms with Gasteiger partial charge in [-0.05, 0) is 30.3 Å². The Balaban J connectivity index is 2.18. The van der Waals surface area contributed by atoms with Crippen molar-refractivity contribution in [1.29, 1.82) is 0 Å². The first-order chi connectivity index (χ1) is 10.2. The molecule has 0 radical (unpaired) electrons. The third kappa shape index (κ3) is 3.67. The molecule has 2 aromatic rings. The van der Waals surface area contributed by atoms with Crippen molar-refractivity contribution in [3.63, 3.8) is 0 Å². The Morgan fingerprint density at radius 2 is 1.76 bits per heavy atom. The van der Waals surface area contributed by atoms with Crippen LogP contribution in [0.2, 0.25) is 0 Å². The Morgan fingerprint density at radius 3 is 2.38 bits per heavy atom. The normalized spacial score (nSPS) is 11.8. The zero-order valence-electron chi connectivity index (χ0n) is 12.6. The van der Waals surface area contributed by atoms with Crippen molar-refractivity contribution in [3.05, 3.63) is 54.1 Å². The van der Waals surface area contributed by atoms with Gasteiger partial charge in [0.05, 0.1) is 14.2 Å². The van der Waals surface area contributed by atoms with Gasteiger partial charge in [-0.2, -0.15) is 0 Å². The summed E-state index contributed by atoms with van der Waals surface area (Å²) in [5.41, 5.74) is 1.78. The Hall–Kier alpha value is -2.20. The molecule has 21 heavy (non-hydrogen) atoms. The highest BCUT2D eigenvalue weighted by Crippen LogP contribution is 2.30. The first kappa shape index (κ1) is 15.2. The van der Waals surface area contributed by atoms with Crippen LogP contribution in [0.3, 0.4) is 0 Å². The molecule has 0 heterocycles. The smallest absolute Gasteiger partial charge is 0.124 e. The van der Waals surface area contributed by atoms with Gasteiger partial charge in [-0.15, -0.1) is 0 Å². The van der Waals surface area contributed by atoms with Crippen LogP contribution in [0.15, 0.2) is 48.5 Å². The maximum atomic E-state index is 10.5. The third-order valence-electron chi connectivity index (χ3n) is 3.44. The summed E-state index contributed by atoms with van der Waals surface area (Å²) in [7, 11) is 5.15. The lowest BCUT2D eigenvalue weighted by molar-refractivity contribution is 0.180. The van der Waals surface area contributed by atoms with Gasteiger partial charge < -0.3 is 19.5 Å². The quantitative estimate of drug-likeness (QED) is 0.887. The van der Waals surface area contributed by atoms with Crippen molar-refractivity contribution < 1.29 is 14.6 Å². The number of benzene rings is 2. The zero-order chi connectivity index (χ0) is 15.2. The number of aliphatic hydroxyl groups is 1. The molecule has 0 bridgehead atoms. The minimum absolute atomic E-state index is 0.466. The fourth-order valence-corrected chi connectivity index (χ4v) is 2.25. The zero-order valence-corrected chi connectivity index (χ0v) is 12.6. The maximum Gasteiger partial charge on any atom is 0.124 e. The molecule has 1 atom stereocenters. The number of hydrogen-bond acceptors (Lipinski definition) is 4. The number of para-hydroxylation sites is 1. The van der Waals surface area contributed by atoms with Crippen molar-refractivity contribution in [2.75, 3.05) is 32.7 Å². The predicted molar refractivity (Wildman–Crippen MR) is 84.2 cm³/mol. The van der Waals surface area contributed by atoms with Gasteiger partial charge in [0.15, 0.2) is 0 Å². The summed E-state index contributed by atoms with van der Waals surface area (Å²) in [5.74, 6) is 1.36. The van der Waals surface area contributed by atoms with Crippen LogP contribution in [0.5, 0.6) is 11.5 Å². The predicted octanol–water partition coefficient (Wildman–Crippen LogP) is 2.87. The Labute approximate surface area is 125 Å². The molecule has 0 spiro atoms. The Morgan fingerprint density at radius 1 is 1.05 bits per heavy atom. The first-order valence-electron chi connectivity index (χ1n) is 6.82. The standard InChI is InChI=1S/C17H21NO3/c1-18(13-7-5-4-6-8-13)12-16(19)15-11-14(20-2)9-10-17(15)21-3/h4-11,16,19H,12H2,1-3H3. The number of hydrogen-bond donors (Lipinski definition) is 1. The molecule has 0 aliphatic rings. The SMILES string of the molecule is COc1ccc(OC)c(C(O)CN(C)c2ccccc2)c1. The Kier molecular flexibility index (Phi) is 5.06. The van der Waals surface area contributed by atoms with Crippen LogP contribution >= 0.6 is 0 Å². The fourth-order valence-electron chi connectivity index (χ4n) is 2.25. The first-order valence-corrected chi connectivity index (χ1v) is 6.82. The maximum absolute atomic E-state index is 10.5. The highest BCUT2D eigenvalue weighted by Gasteiger charge is 2.16. The van der Waals surface area contributed by atoms with Crippen LogP contribution in [0.4, 0.5) is 5.69 Å². The van der Waals surface area contributed by atoms with Gasteiger partial charge in [0, 0.05) is 24.8 Å². The van der Waals surface area contributed by atoms with Gasteiger partial charge in [-0.3, -0.25) is 0 Å². The average molecular weight is 287 g/mol. The van der Waals surface area contributed by atoms with E-state index in [0.29, 0.717) is 18.0 Å². The number of ether oxygens (including phenoxy) is 2. The van der Waals surface area contributed by atoms with Crippen LogP contribution in [-0.2, 0) is 0 Å². The van der Waals surface area contributed by atoms with E-state index in [1.807, 2.05) is 54.4 Å². The number of rotatable bonds is 6. The molecule has 0 aromatic heterocycles. The molecule has 1 N–H and O–H groups in total. The topological polar surface area (TPSA) is 41.9 Å². The van der Waals surface area contributed by atoms with Crippen molar-refractivity contribution in [1.82, 2.24) is 0 Å². The molecule has 112 valence electrons. The van der Waals surface area contributed by atoms with E-state index < -0.39 is 6.10 Å². The summed E-state index contributed by atoms with van der Waals surface area (Å²) < 4.78 is 10.5. The van der Waals surface area contributed by atoms with Crippen molar-refractivity contribution in [3.8, 4) is 11.5 Å². The largest absolute Gasteiger partial charge is 0.497 e. The molecule has 2 aromatic carbocycles. The summed E-state index contributed by atoms with van der Waals surface area (Å²) in [6.45, 7) is 0.466. The van der Waals surface area contributed by atoms with Crippen molar-refractivity contribution in [2.45, 2.75) is 6.10 Å². The lowest BCUT2D eigenvalue weighted by atomic mass is 10.1. The summed E-state index contributed by atoms with van der Waals surface area (Å²) in [4.78, 5) is 2.00. The third-order valence-corrected chi connectivity index (χ3v) is 3.44. The molecule has 1 unspecified atom stereocenters. The molecule has 2 rings (SSSR count). The average Bonchev–Trinajstić information content (AvgIpc) is 2.54. The molecule has 4 nitrogen and oxygen atoms in total. The second kappa shape index (κ2) is 6.99. The lowest BCUT2D eigenvalue weighted by Crippen LogP contribution is -2.24. The molecule has 0 saturated heterocycles. The molecule has 0 amide bonds.